The summed E-state index contributed by atoms with van der Waals surface area (Å²) in [4.78, 5) is 140. The van der Waals surface area contributed by atoms with Crippen LogP contribution >= 0.6 is 0 Å². The molecule has 0 aliphatic rings. The van der Waals surface area contributed by atoms with E-state index < -0.39 is 134 Å². The molecule has 0 saturated carbocycles. The molecule has 0 spiro atoms. The molecule has 2 heterocycles. The largest absolute Gasteiger partial charge is 0.481 e. The first-order valence-electron chi connectivity index (χ1n) is 20.9. The van der Waals surface area contributed by atoms with Crippen molar-refractivity contribution in [3.8, 4) is 0 Å². The molecule has 0 fully saturated rings. The van der Waals surface area contributed by atoms with Gasteiger partial charge < -0.3 is 77.7 Å². The number of carboxylic acids is 2. The third kappa shape index (κ3) is 20.7. The Morgan fingerprint density at radius 2 is 1.03 bits per heavy atom. The number of aliphatic hydroxyl groups excluding tert-OH is 2. The zero-order chi connectivity index (χ0) is 49.3. The van der Waals surface area contributed by atoms with Crippen LogP contribution in [0.1, 0.15) is 71.2 Å². The Balaban J connectivity index is 2.07. The predicted molar refractivity (Wildman–Crippen MR) is 226 cm³/mol. The summed E-state index contributed by atoms with van der Waals surface area (Å²) in [6.45, 7) is 4.30. The number of aliphatic carboxylic acids is 2. The van der Waals surface area contributed by atoms with Crippen molar-refractivity contribution in [1.29, 1.82) is 0 Å². The van der Waals surface area contributed by atoms with Gasteiger partial charge in [-0.15, -0.1) is 0 Å². The van der Waals surface area contributed by atoms with Gasteiger partial charge in [0.2, 0.25) is 47.3 Å². The number of carboxylic acid groups (broad SMARTS) is 2. The van der Waals surface area contributed by atoms with Gasteiger partial charge in [-0.05, 0) is 33.1 Å². The zero-order valence-electron chi connectivity index (χ0n) is 36.9. The first-order chi connectivity index (χ1) is 31.2. The second-order valence-electron chi connectivity index (χ2n) is 15.0. The molecule has 27 heteroatoms. The van der Waals surface area contributed by atoms with Gasteiger partial charge in [-0.3, -0.25) is 47.9 Å². The van der Waals surface area contributed by atoms with Gasteiger partial charge in [-0.1, -0.05) is 6.92 Å². The number of aromatic nitrogens is 4. The number of ether oxygens (including phenoxy) is 1. The highest BCUT2D eigenvalue weighted by Crippen LogP contribution is 2.07. The molecular formula is C39H60N12O15. The van der Waals surface area contributed by atoms with Crippen LogP contribution in [-0.4, -0.2) is 174 Å². The summed E-state index contributed by atoms with van der Waals surface area (Å²) < 4.78 is 5.31. The van der Waals surface area contributed by atoms with Crippen LogP contribution < -0.4 is 42.5 Å². The maximum absolute atomic E-state index is 13.5. The highest BCUT2D eigenvalue weighted by atomic mass is 16.5. The van der Waals surface area contributed by atoms with Crippen molar-refractivity contribution in [1.82, 2.24) is 62.5 Å². The number of hydrogen-bond donors (Lipinski definition) is 14. The molecule has 0 aromatic carbocycles. The molecule has 0 radical (unpaired) electrons. The minimum Gasteiger partial charge on any atom is -0.481 e. The van der Waals surface area contributed by atoms with Gasteiger partial charge in [0.15, 0.2) is 0 Å². The summed E-state index contributed by atoms with van der Waals surface area (Å²) in [5, 5.41) is 58.3. The first-order valence-corrected chi connectivity index (χ1v) is 20.9. The Morgan fingerprint density at radius 3 is 1.41 bits per heavy atom. The van der Waals surface area contributed by atoms with Crippen molar-refractivity contribution >= 4 is 59.2 Å². The van der Waals surface area contributed by atoms with Crippen molar-refractivity contribution in [3.63, 3.8) is 0 Å². The molecule has 0 aliphatic heterocycles. The average Bonchev–Trinajstić information content (AvgIpc) is 3.97. The lowest BCUT2D eigenvalue weighted by Gasteiger charge is -2.26. The van der Waals surface area contributed by atoms with E-state index in [0.717, 1.165) is 6.92 Å². The molecule has 0 bridgehead atoms. The van der Waals surface area contributed by atoms with E-state index in [1.165, 1.54) is 38.9 Å². The SMILES string of the molecule is CCCNC(=O)[C@@H](CCC(=O)O)NC(=O)[C@@H](Cc1cnc[nH]1)NC(=O)[C@H](NC(=O)COCCNC(=O)[C@@H](CCC(=O)O)NC(=O)[C@@H](Cc1cnc[nH]1)NC(=O)[C@H](NC(C)=O)[C@H](C)O)[C@H](C)O. The molecule has 8 amide bonds. The molecule has 0 aliphatic carbocycles. The minimum atomic E-state index is -1.64. The number of carbonyl (C=O) groups excluding carboxylic acids is 8. The average molecular weight is 937 g/mol. The van der Waals surface area contributed by atoms with E-state index in [2.05, 4.69) is 62.5 Å². The molecule has 2 aromatic heterocycles. The number of nitrogens with one attached hydrogen (secondary N) is 10. The van der Waals surface area contributed by atoms with Gasteiger partial charge in [0, 0.05) is 69.5 Å². The van der Waals surface area contributed by atoms with Crippen molar-refractivity contribution in [2.45, 2.75) is 121 Å². The Labute approximate surface area is 378 Å². The molecule has 366 valence electrons. The fourth-order valence-corrected chi connectivity index (χ4v) is 5.94. The topological polar surface area (TPSA) is 414 Å². The monoisotopic (exact) mass is 936 g/mol. The number of carbonyl (C=O) groups is 10. The second-order valence-corrected chi connectivity index (χ2v) is 15.0. The summed E-state index contributed by atoms with van der Waals surface area (Å²) >= 11 is 0. The summed E-state index contributed by atoms with van der Waals surface area (Å²) in [6.07, 6.45) is 0.993. The number of amides is 8. The predicted octanol–water partition coefficient (Wildman–Crippen LogP) is -5.00. The lowest BCUT2D eigenvalue weighted by Crippen LogP contribution is -2.59. The molecule has 2 aromatic rings. The lowest BCUT2D eigenvalue weighted by atomic mass is 10.1. The molecule has 14 N–H and O–H groups in total. The summed E-state index contributed by atoms with van der Waals surface area (Å²) in [7, 11) is 0. The lowest BCUT2D eigenvalue weighted by molar-refractivity contribution is -0.139. The van der Waals surface area contributed by atoms with Crippen LogP contribution in [0.4, 0.5) is 0 Å². The van der Waals surface area contributed by atoms with E-state index in [4.69, 9.17) is 4.74 Å². The van der Waals surface area contributed by atoms with Gasteiger partial charge in [0.25, 0.3) is 0 Å². The standard InChI is InChI=1S/C39H60N12O15/c1-5-10-42-34(60)25(6-8-30(56)57)47-37(63)28(14-24-16-41-19-45-24)50-39(65)33(21(3)53)51-29(55)17-66-12-11-43-35(61)26(7-9-31(58)59)48-36(62)27(13-23-15-40-18-44-23)49-38(64)32(20(2)52)46-22(4)54/h15-16,18-21,25-28,32-33,52-53H,5-14,17H2,1-4H3,(H,40,44)(H,41,45)(H,42,60)(H,43,61)(H,46,54)(H,47,63)(H,48,62)(H,49,64)(H,50,65)(H,51,55)(H,56,57)(H,58,59)/t20-,21-,25+,26+,27+,28+,32+,33+/m0/s1. The van der Waals surface area contributed by atoms with Crippen molar-refractivity contribution < 1.29 is 73.1 Å². The molecule has 2 rings (SSSR count). The summed E-state index contributed by atoms with van der Waals surface area (Å²) in [6, 6.07) is -8.65. The molecule has 0 unspecified atom stereocenters. The number of nitrogens with zero attached hydrogens (tertiary/aromatic N) is 2. The van der Waals surface area contributed by atoms with E-state index in [9.17, 15) is 68.4 Å². The minimum absolute atomic E-state index is 0.192. The maximum Gasteiger partial charge on any atom is 0.303 e. The van der Waals surface area contributed by atoms with Crippen molar-refractivity contribution in [3.05, 3.63) is 36.4 Å². The first kappa shape index (κ1) is 55.1. The van der Waals surface area contributed by atoms with Crippen LogP contribution in [-0.2, 0) is 65.5 Å². The van der Waals surface area contributed by atoms with E-state index in [-0.39, 0.29) is 39.0 Å². The number of aromatic amines is 2. The number of hydrogen-bond acceptors (Lipinski definition) is 15. The Morgan fingerprint density at radius 1 is 0.606 bits per heavy atom. The highest BCUT2D eigenvalue weighted by Gasteiger charge is 2.34. The third-order valence-electron chi connectivity index (χ3n) is 9.32. The van der Waals surface area contributed by atoms with Gasteiger partial charge in [0.1, 0.15) is 42.9 Å². The Bertz CT molecular complexity index is 1930. The van der Waals surface area contributed by atoms with E-state index in [1.807, 2.05) is 0 Å². The van der Waals surface area contributed by atoms with Crippen LogP contribution in [0.5, 0.6) is 0 Å². The normalized spacial score (nSPS) is 14.6. The van der Waals surface area contributed by atoms with E-state index >= 15 is 0 Å². The highest BCUT2D eigenvalue weighted by molar-refractivity contribution is 5.96. The molecule has 27 nitrogen and oxygen atoms in total. The van der Waals surface area contributed by atoms with Gasteiger partial charge in [-0.25, -0.2) is 9.97 Å². The Hall–Kier alpha value is -7.00. The van der Waals surface area contributed by atoms with Crippen molar-refractivity contribution in [2.24, 2.45) is 0 Å². The van der Waals surface area contributed by atoms with E-state index in [1.54, 1.807) is 6.92 Å². The van der Waals surface area contributed by atoms with Gasteiger partial charge >= 0.3 is 11.9 Å². The number of rotatable bonds is 31. The second kappa shape index (κ2) is 28.7. The smallest absolute Gasteiger partial charge is 0.303 e. The molecular weight excluding hydrogens is 876 g/mol. The van der Waals surface area contributed by atoms with Crippen molar-refractivity contribution in [2.75, 3.05) is 26.3 Å². The molecule has 66 heavy (non-hydrogen) atoms. The maximum atomic E-state index is 13.5. The molecule has 0 saturated heterocycles. The fraction of sp³-hybridized carbons (Fsp3) is 0.590. The number of H-pyrrole nitrogens is 2. The fourth-order valence-electron chi connectivity index (χ4n) is 5.94. The van der Waals surface area contributed by atoms with Gasteiger partial charge in [0.05, 0.1) is 31.5 Å². The quantitative estimate of drug-likeness (QED) is 0.0315. The number of imidazole rings is 2. The van der Waals surface area contributed by atoms with Crippen LogP contribution in [0.25, 0.3) is 0 Å². The van der Waals surface area contributed by atoms with E-state index in [0.29, 0.717) is 17.8 Å². The summed E-state index contributed by atoms with van der Waals surface area (Å²) in [5.74, 6) is -9.30. The van der Waals surface area contributed by atoms with Crippen LogP contribution in [0.2, 0.25) is 0 Å². The van der Waals surface area contributed by atoms with Crippen LogP contribution in [0.15, 0.2) is 25.0 Å². The third-order valence-corrected chi connectivity index (χ3v) is 9.32. The Kier molecular flexibility index (Phi) is 24.0. The van der Waals surface area contributed by atoms with Crippen LogP contribution in [0.3, 0.4) is 0 Å². The molecule has 8 atom stereocenters. The number of aliphatic hydroxyl groups is 2. The zero-order valence-corrected chi connectivity index (χ0v) is 36.9. The van der Waals surface area contributed by atoms with Gasteiger partial charge in [-0.2, -0.15) is 0 Å². The summed E-state index contributed by atoms with van der Waals surface area (Å²) in [5.41, 5.74) is 0.759. The van der Waals surface area contributed by atoms with Crippen LogP contribution in [0, 0.1) is 0 Å².